The summed E-state index contributed by atoms with van der Waals surface area (Å²) in [6, 6.07) is 0. The topological polar surface area (TPSA) is 39.1 Å². The van der Waals surface area contributed by atoms with E-state index in [1.54, 1.807) is 7.11 Å². The van der Waals surface area contributed by atoms with Gasteiger partial charge in [0.25, 0.3) is 0 Å². The maximum Gasteiger partial charge on any atom is 0.0948 e. The number of hydrogen-bond acceptors (Lipinski definition) is 3. The Morgan fingerprint density at radius 2 is 2.38 bits per heavy atom. The zero-order valence-corrected chi connectivity index (χ0v) is 10.6. The van der Waals surface area contributed by atoms with Crippen LogP contribution in [0.4, 0.5) is 0 Å². The van der Waals surface area contributed by atoms with E-state index in [9.17, 15) is 0 Å². The molecular weight excluding hydrogens is 202 g/mol. The van der Waals surface area contributed by atoms with Gasteiger partial charge in [0, 0.05) is 39.5 Å². The van der Waals surface area contributed by atoms with Crippen molar-refractivity contribution in [3.8, 4) is 0 Å². The van der Waals surface area contributed by atoms with E-state index < -0.39 is 0 Å². The summed E-state index contributed by atoms with van der Waals surface area (Å²) in [4.78, 5) is 4.17. The van der Waals surface area contributed by atoms with E-state index >= 15 is 0 Å². The van der Waals surface area contributed by atoms with Crippen LogP contribution in [0.1, 0.15) is 26.0 Å². The summed E-state index contributed by atoms with van der Waals surface area (Å²) >= 11 is 0. The van der Waals surface area contributed by atoms with Gasteiger partial charge < -0.3 is 14.6 Å². The number of rotatable bonds is 8. The lowest BCUT2D eigenvalue weighted by molar-refractivity contribution is 0.158. The summed E-state index contributed by atoms with van der Waals surface area (Å²) in [5, 5.41) is 3.43. The molecule has 92 valence electrons. The van der Waals surface area contributed by atoms with Gasteiger partial charge in [-0.05, 0) is 12.3 Å². The van der Waals surface area contributed by atoms with Gasteiger partial charge in [0.15, 0.2) is 0 Å². The fraction of sp³-hybridized carbons (Fsp3) is 0.750. The van der Waals surface area contributed by atoms with E-state index in [2.05, 4.69) is 28.7 Å². The molecule has 0 aliphatic heterocycles. The van der Waals surface area contributed by atoms with Crippen molar-refractivity contribution in [3.05, 3.63) is 18.2 Å². The van der Waals surface area contributed by atoms with Crippen LogP contribution in [-0.2, 0) is 17.8 Å². The van der Waals surface area contributed by atoms with Gasteiger partial charge in [-0.2, -0.15) is 0 Å². The van der Waals surface area contributed by atoms with Crippen LogP contribution >= 0.6 is 0 Å². The van der Waals surface area contributed by atoms with Crippen LogP contribution in [0.25, 0.3) is 0 Å². The van der Waals surface area contributed by atoms with Crippen molar-refractivity contribution in [1.29, 1.82) is 0 Å². The Labute approximate surface area is 98.0 Å². The van der Waals surface area contributed by atoms with Crippen molar-refractivity contribution in [2.75, 3.05) is 20.3 Å². The van der Waals surface area contributed by atoms with Crippen molar-refractivity contribution >= 4 is 0 Å². The van der Waals surface area contributed by atoms with E-state index in [0.717, 1.165) is 32.7 Å². The first-order valence-electron chi connectivity index (χ1n) is 5.96. The molecule has 0 aliphatic rings. The average Bonchev–Trinajstić information content (AvgIpc) is 2.67. The Morgan fingerprint density at radius 3 is 3.06 bits per heavy atom. The molecule has 1 N–H and O–H groups in total. The Bertz CT molecular complexity index is 286. The number of nitrogens with zero attached hydrogens (tertiary/aromatic N) is 2. The molecule has 0 saturated heterocycles. The van der Waals surface area contributed by atoms with Gasteiger partial charge in [-0.1, -0.05) is 13.8 Å². The highest BCUT2D eigenvalue weighted by Gasteiger charge is 2.03. The summed E-state index contributed by atoms with van der Waals surface area (Å²) < 4.78 is 7.30. The zero-order chi connectivity index (χ0) is 11.8. The Morgan fingerprint density at radius 1 is 1.56 bits per heavy atom. The van der Waals surface area contributed by atoms with Crippen LogP contribution < -0.4 is 5.32 Å². The largest absolute Gasteiger partial charge is 0.384 e. The molecule has 4 heteroatoms. The van der Waals surface area contributed by atoms with Gasteiger partial charge in [0.05, 0.1) is 12.0 Å². The highest BCUT2D eigenvalue weighted by molar-refractivity contribution is 4.97. The molecule has 1 rings (SSSR count). The summed E-state index contributed by atoms with van der Waals surface area (Å²) in [6.45, 7) is 8.07. The van der Waals surface area contributed by atoms with Crippen molar-refractivity contribution < 1.29 is 4.74 Å². The molecule has 1 aromatic heterocycles. The number of hydrogen-bond donors (Lipinski definition) is 1. The molecule has 0 saturated carbocycles. The number of aryl methyl sites for hydroxylation is 1. The van der Waals surface area contributed by atoms with Gasteiger partial charge >= 0.3 is 0 Å². The van der Waals surface area contributed by atoms with E-state index in [4.69, 9.17) is 4.74 Å². The molecule has 16 heavy (non-hydrogen) atoms. The second kappa shape index (κ2) is 7.41. The van der Waals surface area contributed by atoms with Crippen molar-refractivity contribution in [1.82, 2.24) is 14.9 Å². The van der Waals surface area contributed by atoms with Gasteiger partial charge in [-0.15, -0.1) is 0 Å². The van der Waals surface area contributed by atoms with Crippen LogP contribution in [0.3, 0.4) is 0 Å². The maximum absolute atomic E-state index is 5.10. The van der Waals surface area contributed by atoms with Crippen molar-refractivity contribution in [3.63, 3.8) is 0 Å². The summed E-state index contributed by atoms with van der Waals surface area (Å²) in [5.74, 6) is 0.549. The third-order valence-electron chi connectivity index (χ3n) is 2.51. The first kappa shape index (κ1) is 13.2. The molecular formula is C12H23N3O. The molecule has 0 fully saturated rings. The average molecular weight is 225 g/mol. The first-order valence-corrected chi connectivity index (χ1v) is 5.96. The third-order valence-corrected chi connectivity index (χ3v) is 2.51. The second-order valence-corrected chi connectivity index (χ2v) is 4.27. The summed E-state index contributed by atoms with van der Waals surface area (Å²) in [6.07, 6.45) is 4.98. The van der Waals surface area contributed by atoms with Crippen molar-refractivity contribution in [2.24, 2.45) is 5.92 Å². The van der Waals surface area contributed by atoms with E-state index in [-0.39, 0.29) is 0 Å². The molecule has 0 radical (unpaired) electrons. The molecule has 4 nitrogen and oxygen atoms in total. The van der Waals surface area contributed by atoms with Gasteiger partial charge in [-0.25, -0.2) is 4.98 Å². The lowest BCUT2D eigenvalue weighted by atomic mass is 10.2. The van der Waals surface area contributed by atoms with Crippen LogP contribution in [-0.4, -0.2) is 29.8 Å². The number of aromatic nitrogens is 2. The molecule has 0 bridgehead atoms. The lowest BCUT2D eigenvalue weighted by Gasteiger charge is -2.12. The molecule has 1 unspecified atom stereocenters. The van der Waals surface area contributed by atoms with Crippen LogP contribution in [0, 0.1) is 5.92 Å². The Kier molecular flexibility index (Phi) is 6.11. The quantitative estimate of drug-likeness (QED) is 0.731. The number of ether oxygens (including phenoxy) is 1. The normalized spacial score (nSPS) is 12.9. The number of nitrogens with one attached hydrogen (secondary N) is 1. The Balaban J connectivity index is 2.28. The SMILES string of the molecule is CCCn1cncc1CNCC(C)COC. The first-order chi connectivity index (χ1) is 7.77. The predicted molar refractivity (Wildman–Crippen MR) is 65.3 cm³/mol. The highest BCUT2D eigenvalue weighted by atomic mass is 16.5. The standard InChI is InChI=1S/C12H23N3O/c1-4-5-15-10-14-8-12(15)7-13-6-11(2)9-16-3/h8,10-11,13H,4-7,9H2,1-3H3. The fourth-order valence-corrected chi connectivity index (χ4v) is 1.73. The van der Waals surface area contributed by atoms with Gasteiger partial charge in [-0.3, -0.25) is 0 Å². The molecule has 1 atom stereocenters. The molecule has 0 spiro atoms. The minimum Gasteiger partial charge on any atom is -0.384 e. The molecule has 1 heterocycles. The third kappa shape index (κ3) is 4.33. The summed E-state index contributed by atoms with van der Waals surface area (Å²) in [7, 11) is 1.74. The van der Waals surface area contributed by atoms with Crippen LogP contribution in [0.5, 0.6) is 0 Å². The number of imidazole rings is 1. The van der Waals surface area contributed by atoms with Crippen LogP contribution in [0.15, 0.2) is 12.5 Å². The monoisotopic (exact) mass is 225 g/mol. The van der Waals surface area contributed by atoms with Crippen LogP contribution in [0.2, 0.25) is 0 Å². The van der Waals surface area contributed by atoms with Gasteiger partial charge in [0.2, 0.25) is 0 Å². The molecule has 0 aliphatic carbocycles. The second-order valence-electron chi connectivity index (χ2n) is 4.27. The van der Waals surface area contributed by atoms with Gasteiger partial charge in [0.1, 0.15) is 0 Å². The van der Waals surface area contributed by atoms with E-state index in [0.29, 0.717) is 5.92 Å². The van der Waals surface area contributed by atoms with E-state index in [1.165, 1.54) is 5.69 Å². The fourth-order valence-electron chi connectivity index (χ4n) is 1.73. The highest BCUT2D eigenvalue weighted by Crippen LogP contribution is 2.01. The minimum atomic E-state index is 0.549. The molecule has 0 amide bonds. The Hall–Kier alpha value is -0.870. The lowest BCUT2D eigenvalue weighted by Crippen LogP contribution is -2.24. The van der Waals surface area contributed by atoms with E-state index in [1.807, 2.05) is 12.5 Å². The van der Waals surface area contributed by atoms with Crippen molar-refractivity contribution in [2.45, 2.75) is 33.4 Å². The maximum atomic E-state index is 5.10. The predicted octanol–water partition coefficient (Wildman–Crippen LogP) is 1.67. The smallest absolute Gasteiger partial charge is 0.0948 e. The zero-order valence-electron chi connectivity index (χ0n) is 10.6. The molecule has 0 aromatic carbocycles. The number of methoxy groups -OCH3 is 1. The molecule has 1 aromatic rings. The minimum absolute atomic E-state index is 0.549. The summed E-state index contributed by atoms with van der Waals surface area (Å²) in [5.41, 5.74) is 1.26.